The lowest BCUT2D eigenvalue weighted by Crippen LogP contribution is -2.48. The normalized spacial score (nSPS) is 22.4. The smallest absolute Gasteiger partial charge is 0.239 e. The molecule has 2 aliphatic rings. The first-order valence-corrected chi connectivity index (χ1v) is 9.14. The number of nitrogens with zero attached hydrogens (tertiary/aromatic N) is 4. The number of carbonyl (C=O) groups excluding carboxylic acids is 1. The Morgan fingerprint density at radius 3 is 2.64 bits per heavy atom. The van der Waals surface area contributed by atoms with Crippen molar-refractivity contribution in [3.8, 4) is 0 Å². The van der Waals surface area contributed by atoms with Crippen molar-refractivity contribution in [3.05, 3.63) is 48.1 Å². The fourth-order valence-electron chi connectivity index (χ4n) is 4.04. The van der Waals surface area contributed by atoms with Crippen LogP contribution < -0.4 is 0 Å². The van der Waals surface area contributed by atoms with E-state index in [2.05, 4.69) is 39.3 Å². The average molecular weight is 340 g/mol. The van der Waals surface area contributed by atoms with Crippen LogP contribution in [0.15, 0.2) is 41.2 Å². The van der Waals surface area contributed by atoms with E-state index in [-0.39, 0.29) is 6.04 Å². The maximum atomic E-state index is 13.0. The summed E-state index contributed by atoms with van der Waals surface area (Å²) in [5.41, 5.74) is 1.28. The highest BCUT2D eigenvalue weighted by Crippen LogP contribution is 2.28. The zero-order valence-corrected chi connectivity index (χ0v) is 14.4. The zero-order chi connectivity index (χ0) is 17.1. The predicted molar refractivity (Wildman–Crippen MR) is 92.7 cm³/mol. The molecular formula is C19H24N4O2. The minimum atomic E-state index is 0.0296. The van der Waals surface area contributed by atoms with Crippen LogP contribution in [0.3, 0.4) is 0 Å². The Balaban J connectivity index is 1.35. The largest absolute Gasteiger partial charge is 0.343 e. The quantitative estimate of drug-likeness (QED) is 0.855. The van der Waals surface area contributed by atoms with E-state index in [4.69, 9.17) is 4.52 Å². The molecule has 2 aliphatic heterocycles. The van der Waals surface area contributed by atoms with Gasteiger partial charge in [-0.2, -0.15) is 4.98 Å². The highest BCUT2D eigenvalue weighted by atomic mass is 16.5. The summed E-state index contributed by atoms with van der Waals surface area (Å²) >= 11 is 0. The minimum absolute atomic E-state index is 0.0296. The SMILES string of the molecule is O=C([C@@H]1CCCN1Cc1ccccc1)N1CCC(c2ncon2)CC1. The summed E-state index contributed by atoms with van der Waals surface area (Å²) in [5.74, 6) is 1.38. The Morgan fingerprint density at radius 2 is 1.92 bits per heavy atom. The predicted octanol–water partition coefficient (Wildman–Crippen LogP) is 2.44. The molecule has 2 saturated heterocycles. The second kappa shape index (κ2) is 7.35. The summed E-state index contributed by atoms with van der Waals surface area (Å²) in [6.07, 6.45) is 5.28. The number of hydrogen-bond acceptors (Lipinski definition) is 5. The van der Waals surface area contributed by atoms with Crippen molar-refractivity contribution in [3.63, 3.8) is 0 Å². The van der Waals surface area contributed by atoms with E-state index in [0.717, 1.165) is 57.7 Å². The van der Waals surface area contributed by atoms with Gasteiger partial charge in [0, 0.05) is 25.6 Å². The molecular weight excluding hydrogens is 316 g/mol. The first-order valence-electron chi connectivity index (χ1n) is 9.14. The molecule has 0 saturated carbocycles. The number of likely N-dealkylation sites (tertiary alicyclic amines) is 2. The molecule has 3 heterocycles. The lowest BCUT2D eigenvalue weighted by Gasteiger charge is -2.34. The van der Waals surface area contributed by atoms with Gasteiger partial charge in [-0.15, -0.1) is 0 Å². The Bertz CT molecular complexity index is 681. The van der Waals surface area contributed by atoms with E-state index < -0.39 is 0 Å². The van der Waals surface area contributed by atoms with Crippen LogP contribution in [0.1, 0.15) is 43.0 Å². The Kier molecular flexibility index (Phi) is 4.78. The Hall–Kier alpha value is -2.21. The minimum Gasteiger partial charge on any atom is -0.343 e. The summed E-state index contributed by atoms with van der Waals surface area (Å²) in [7, 11) is 0. The molecule has 0 N–H and O–H groups in total. The van der Waals surface area contributed by atoms with E-state index in [1.807, 2.05) is 11.0 Å². The van der Waals surface area contributed by atoms with Crippen molar-refractivity contribution in [1.29, 1.82) is 0 Å². The van der Waals surface area contributed by atoms with Gasteiger partial charge in [0.1, 0.15) is 0 Å². The lowest BCUT2D eigenvalue weighted by atomic mass is 9.95. The van der Waals surface area contributed by atoms with Crippen LogP contribution in [0.25, 0.3) is 0 Å². The standard InChI is InChI=1S/C19H24N4O2/c24-19(22-11-8-16(9-12-22)18-20-14-25-21-18)17-7-4-10-23(17)13-15-5-2-1-3-6-15/h1-3,5-6,14,16-17H,4,7-13H2/t17-/m0/s1. The van der Waals surface area contributed by atoms with Gasteiger partial charge in [-0.3, -0.25) is 9.69 Å². The van der Waals surface area contributed by atoms with Crippen molar-refractivity contribution in [2.45, 2.75) is 44.2 Å². The molecule has 0 radical (unpaired) electrons. The third kappa shape index (κ3) is 3.58. The van der Waals surface area contributed by atoms with Crippen molar-refractivity contribution < 1.29 is 9.32 Å². The molecule has 1 amide bonds. The van der Waals surface area contributed by atoms with Gasteiger partial charge in [-0.25, -0.2) is 0 Å². The molecule has 6 heteroatoms. The highest BCUT2D eigenvalue weighted by molar-refractivity contribution is 5.82. The van der Waals surface area contributed by atoms with Gasteiger partial charge in [-0.1, -0.05) is 35.5 Å². The van der Waals surface area contributed by atoms with E-state index in [0.29, 0.717) is 11.8 Å². The number of piperidine rings is 1. The van der Waals surface area contributed by atoms with Gasteiger partial charge in [0.15, 0.2) is 5.82 Å². The molecule has 0 unspecified atom stereocenters. The van der Waals surface area contributed by atoms with Gasteiger partial charge < -0.3 is 9.42 Å². The van der Waals surface area contributed by atoms with Gasteiger partial charge >= 0.3 is 0 Å². The second-order valence-corrected chi connectivity index (χ2v) is 7.00. The van der Waals surface area contributed by atoms with Crippen molar-refractivity contribution in [1.82, 2.24) is 19.9 Å². The number of benzene rings is 1. The number of hydrogen-bond donors (Lipinski definition) is 0. The third-order valence-electron chi connectivity index (χ3n) is 5.43. The van der Waals surface area contributed by atoms with E-state index in [1.165, 1.54) is 12.0 Å². The van der Waals surface area contributed by atoms with Crippen LogP contribution in [-0.2, 0) is 11.3 Å². The highest BCUT2D eigenvalue weighted by Gasteiger charge is 2.35. The molecule has 25 heavy (non-hydrogen) atoms. The first kappa shape index (κ1) is 16.3. The molecule has 6 nitrogen and oxygen atoms in total. The maximum Gasteiger partial charge on any atom is 0.239 e. The fraction of sp³-hybridized carbons (Fsp3) is 0.526. The van der Waals surface area contributed by atoms with Gasteiger partial charge in [0.25, 0.3) is 0 Å². The van der Waals surface area contributed by atoms with Crippen LogP contribution in [0.2, 0.25) is 0 Å². The van der Waals surface area contributed by atoms with Gasteiger partial charge in [0.05, 0.1) is 6.04 Å². The fourth-order valence-corrected chi connectivity index (χ4v) is 4.04. The summed E-state index contributed by atoms with van der Waals surface area (Å²) in [4.78, 5) is 21.6. The van der Waals surface area contributed by atoms with Gasteiger partial charge in [-0.05, 0) is 37.8 Å². The molecule has 0 spiro atoms. The molecule has 2 aromatic rings. The van der Waals surface area contributed by atoms with Crippen molar-refractivity contribution in [2.24, 2.45) is 0 Å². The molecule has 1 aromatic heterocycles. The molecule has 2 fully saturated rings. The van der Waals surface area contributed by atoms with E-state index in [1.54, 1.807) is 0 Å². The lowest BCUT2D eigenvalue weighted by molar-refractivity contribution is -0.137. The number of rotatable bonds is 4. The van der Waals surface area contributed by atoms with E-state index >= 15 is 0 Å². The first-order chi connectivity index (χ1) is 12.3. The van der Waals surface area contributed by atoms with Crippen LogP contribution in [0.5, 0.6) is 0 Å². The Labute approximate surface area is 147 Å². The molecule has 132 valence electrons. The summed E-state index contributed by atoms with van der Waals surface area (Å²) < 4.78 is 4.85. The molecule has 0 bridgehead atoms. The number of carbonyl (C=O) groups is 1. The third-order valence-corrected chi connectivity index (χ3v) is 5.43. The zero-order valence-electron chi connectivity index (χ0n) is 14.4. The Morgan fingerprint density at radius 1 is 1.12 bits per heavy atom. The second-order valence-electron chi connectivity index (χ2n) is 7.00. The van der Waals surface area contributed by atoms with Crippen LogP contribution in [-0.4, -0.2) is 51.5 Å². The topological polar surface area (TPSA) is 62.5 Å². The summed E-state index contributed by atoms with van der Waals surface area (Å²) in [6.45, 7) is 3.43. The number of aromatic nitrogens is 2. The molecule has 0 aliphatic carbocycles. The summed E-state index contributed by atoms with van der Waals surface area (Å²) in [5, 5.41) is 3.95. The molecule has 1 atom stereocenters. The van der Waals surface area contributed by atoms with Crippen LogP contribution in [0.4, 0.5) is 0 Å². The maximum absolute atomic E-state index is 13.0. The molecule has 4 rings (SSSR count). The van der Waals surface area contributed by atoms with Crippen molar-refractivity contribution >= 4 is 5.91 Å². The van der Waals surface area contributed by atoms with Crippen molar-refractivity contribution in [2.75, 3.05) is 19.6 Å². The number of amides is 1. The average Bonchev–Trinajstić information content (AvgIpc) is 3.34. The van der Waals surface area contributed by atoms with E-state index in [9.17, 15) is 4.79 Å². The monoisotopic (exact) mass is 340 g/mol. The summed E-state index contributed by atoms with van der Waals surface area (Å²) in [6, 6.07) is 10.5. The molecule has 1 aromatic carbocycles. The van der Waals surface area contributed by atoms with Crippen LogP contribution >= 0.6 is 0 Å². The van der Waals surface area contributed by atoms with Crippen LogP contribution in [0, 0.1) is 0 Å². The van der Waals surface area contributed by atoms with Gasteiger partial charge in [0.2, 0.25) is 12.3 Å².